The highest BCUT2D eigenvalue weighted by molar-refractivity contribution is 7.99. The van der Waals surface area contributed by atoms with E-state index in [1.54, 1.807) is 31.0 Å². The Morgan fingerprint density at radius 3 is 2.73 bits per heavy atom. The number of rotatable bonds is 10. The topological polar surface area (TPSA) is 85.0 Å². The molecule has 1 aliphatic rings. The SMILES string of the molecule is COc1cccc(NCc2nnc(SCCOc3cccc(C#N)c3)n2C2CCCCC2)c1. The van der Waals surface area contributed by atoms with E-state index in [9.17, 15) is 0 Å². The van der Waals surface area contributed by atoms with Crippen LogP contribution in [0.15, 0.2) is 53.7 Å². The summed E-state index contributed by atoms with van der Waals surface area (Å²) in [7, 11) is 1.67. The number of anilines is 1. The van der Waals surface area contributed by atoms with Crippen molar-refractivity contribution in [2.45, 2.75) is 49.8 Å². The highest BCUT2D eigenvalue weighted by atomic mass is 32.2. The van der Waals surface area contributed by atoms with Crippen LogP contribution in [0, 0.1) is 11.3 Å². The molecule has 7 nitrogen and oxygen atoms in total. The zero-order valence-corrected chi connectivity index (χ0v) is 19.7. The molecule has 0 saturated heterocycles. The minimum absolute atomic E-state index is 0.437. The monoisotopic (exact) mass is 463 g/mol. The molecule has 0 radical (unpaired) electrons. The molecule has 3 aromatic rings. The molecule has 1 N–H and O–H groups in total. The summed E-state index contributed by atoms with van der Waals surface area (Å²) in [5.41, 5.74) is 1.60. The summed E-state index contributed by atoms with van der Waals surface area (Å²) in [5, 5.41) is 22.5. The quantitative estimate of drug-likeness (QED) is 0.316. The molecule has 0 atom stereocenters. The average molecular weight is 464 g/mol. The third-order valence-electron chi connectivity index (χ3n) is 5.74. The summed E-state index contributed by atoms with van der Waals surface area (Å²) in [6.07, 6.45) is 6.11. The van der Waals surface area contributed by atoms with Crippen LogP contribution in [-0.2, 0) is 6.54 Å². The lowest BCUT2D eigenvalue weighted by atomic mass is 9.95. The van der Waals surface area contributed by atoms with Crippen molar-refractivity contribution in [1.29, 1.82) is 5.26 Å². The molecular weight excluding hydrogens is 434 g/mol. The smallest absolute Gasteiger partial charge is 0.191 e. The van der Waals surface area contributed by atoms with Crippen molar-refractivity contribution >= 4 is 17.4 Å². The number of methoxy groups -OCH3 is 1. The Balaban J connectivity index is 1.41. The number of ether oxygens (including phenoxy) is 2. The highest BCUT2D eigenvalue weighted by Crippen LogP contribution is 2.33. The van der Waals surface area contributed by atoms with Gasteiger partial charge in [0.25, 0.3) is 0 Å². The van der Waals surface area contributed by atoms with Gasteiger partial charge in [0.2, 0.25) is 0 Å². The van der Waals surface area contributed by atoms with Crippen LogP contribution in [0.5, 0.6) is 11.5 Å². The first-order valence-electron chi connectivity index (χ1n) is 11.3. The predicted octanol–water partition coefficient (Wildman–Crippen LogP) is 5.45. The fourth-order valence-electron chi connectivity index (χ4n) is 4.09. The third-order valence-corrected chi connectivity index (χ3v) is 6.65. The number of hydrogen-bond donors (Lipinski definition) is 1. The molecule has 172 valence electrons. The van der Waals surface area contributed by atoms with Gasteiger partial charge >= 0.3 is 0 Å². The average Bonchev–Trinajstić information content (AvgIpc) is 3.29. The second kappa shape index (κ2) is 11.6. The van der Waals surface area contributed by atoms with Gasteiger partial charge in [0.1, 0.15) is 11.5 Å². The minimum Gasteiger partial charge on any atom is -0.497 e. The molecule has 1 saturated carbocycles. The summed E-state index contributed by atoms with van der Waals surface area (Å²) in [5.74, 6) is 3.25. The maximum atomic E-state index is 9.04. The number of benzene rings is 2. The van der Waals surface area contributed by atoms with Gasteiger partial charge < -0.3 is 19.4 Å². The first-order chi connectivity index (χ1) is 16.3. The van der Waals surface area contributed by atoms with Crippen molar-refractivity contribution in [3.8, 4) is 17.6 Å². The molecule has 0 aliphatic heterocycles. The molecule has 0 bridgehead atoms. The van der Waals surface area contributed by atoms with Gasteiger partial charge in [-0.1, -0.05) is 43.2 Å². The lowest BCUT2D eigenvalue weighted by Gasteiger charge is -2.25. The normalized spacial score (nSPS) is 13.9. The number of nitrogens with zero attached hydrogens (tertiary/aromatic N) is 4. The maximum Gasteiger partial charge on any atom is 0.191 e. The molecule has 1 fully saturated rings. The van der Waals surface area contributed by atoms with Crippen molar-refractivity contribution in [2.75, 3.05) is 24.8 Å². The first-order valence-corrected chi connectivity index (χ1v) is 12.3. The molecule has 0 unspecified atom stereocenters. The van der Waals surface area contributed by atoms with Gasteiger partial charge in [0.15, 0.2) is 11.0 Å². The molecule has 8 heteroatoms. The molecule has 33 heavy (non-hydrogen) atoms. The van der Waals surface area contributed by atoms with E-state index in [1.165, 1.54) is 19.3 Å². The standard InChI is InChI=1S/C25H29N5O2S/c1-31-22-11-6-8-20(16-22)27-18-24-28-29-25(30(24)21-9-3-2-4-10-21)33-14-13-32-23-12-5-7-19(15-23)17-26/h5-8,11-12,15-16,21,27H,2-4,9-10,13-14,18H2,1H3. The van der Waals surface area contributed by atoms with Crippen LogP contribution in [-0.4, -0.2) is 34.2 Å². The number of aromatic nitrogens is 3. The molecule has 1 aliphatic carbocycles. The van der Waals surface area contributed by atoms with E-state index in [0.29, 0.717) is 30.5 Å². The lowest BCUT2D eigenvalue weighted by molar-refractivity contribution is 0.328. The molecule has 1 aromatic heterocycles. The molecule has 4 rings (SSSR count). The number of thioether (sulfide) groups is 1. The van der Waals surface area contributed by atoms with Crippen molar-refractivity contribution in [3.05, 3.63) is 59.9 Å². The molecular formula is C25H29N5O2S. The summed E-state index contributed by atoms with van der Waals surface area (Å²) in [6.45, 7) is 1.14. The number of nitriles is 1. The third kappa shape index (κ3) is 6.20. The summed E-state index contributed by atoms with van der Waals surface area (Å²) in [4.78, 5) is 0. The van der Waals surface area contributed by atoms with Crippen LogP contribution >= 0.6 is 11.8 Å². The Bertz CT molecular complexity index is 1090. The Hall–Kier alpha value is -3.18. The zero-order chi connectivity index (χ0) is 22.9. The zero-order valence-electron chi connectivity index (χ0n) is 18.9. The van der Waals surface area contributed by atoms with Gasteiger partial charge in [0, 0.05) is 23.5 Å². The van der Waals surface area contributed by atoms with Crippen molar-refractivity contribution < 1.29 is 9.47 Å². The molecule has 0 spiro atoms. The predicted molar refractivity (Wildman–Crippen MR) is 130 cm³/mol. The van der Waals surface area contributed by atoms with E-state index in [4.69, 9.17) is 14.7 Å². The molecule has 1 heterocycles. The summed E-state index contributed by atoms with van der Waals surface area (Å²) >= 11 is 1.67. The van der Waals surface area contributed by atoms with E-state index in [-0.39, 0.29) is 0 Å². The van der Waals surface area contributed by atoms with E-state index < -0.39 is 0 Å². The summed E-state index contributed by atoms with van der Waals surface area (Å²) < 4.78 is 13.5. The van der Waals surface area contributed by atoms with Crippen LogP contribution in [0.3, 0.4) is 0 Å². The fourth-order valence-corrected chi connectivity index (χ4v) is 4.94. The van der Waals surface area contributed by atoms with E-state index >= 15 is 0 Å². The second-order valence-electron chi connectivity index (χ2n) is 7.98. The number of hydrogen-bond acceptors (Lipinski definition) is 7. The van der Waals surface area contributed by atoms with Crippen molar-refractivity contribution in [3.63, 3.8) is 0 Å². The number of nitrogens with one attached hydrogen (secondary N) is 1. The van der Waals surface area contributed by atoms with Crippen LogP contribution in [0.4, 0.5) is 5.69 Å². The Morgan fingerprint density at radius 1 is 1.09 bits per heavy atom. The van der Waals surface area contributed by atoms with E-state index in [0.717, 1.165) is 41.0 Å². The Kier molecular flexibility index (Phi) is 8.09. The van der Waals surface area contributed by atoms with Gasteiger partial charge in [0.05, 0.1) is 31.9 Å². The highest BCUT2D eigenvalue weighted by Gasteiger charge is 2.23. The first kappa shape index (κ1) is 23.0. The second-order valence-corrected chi connectivity index (χ2v) is 9.04. The van der Waals surface area contributed by atoms with Crippen molar-refractivity contribution in [1.82, 2.24) is 14.8 Å². The van der Waals surface area contributed by atoms with Gasteiger partial charge in [-0.25, -0.2) is 0 Å². The Labute approximate surface area is 199 Å². The largest absolute Gasteiger partial charge is 0.497 e. The lowest BCUT2D eigenvalue weighted by Crippen LogP contribution is -2.18. The van der Waals surface area contributed by atoms with Gasteiger partial charge in [-0.3, -0.25) is 0 Å². The van der Waals surface area contributed by atoms with Crippen LogP contribution < -0.4 is 14.8 Å². The fraction of sp³-hybridized carbons (Fsp3) is 0.400. The van der Waals surface area contributed by atoms with Crippen molar-refractivity contribution in [2.24, 2.45) is 0 Å². The van der Waals surface area contributed by atoms with Crippen LogP contribution in [0.25, 0.3) is 0 Å². The van der Waals surface area contributed by atoms with Gasteiger partial charge in [-0.05, 0) is 43.2 Å². The van der Waals surface area contributed by atoms with E-state index in [2.05, 4.69) is 26.2 Å². The molecule has 2 aromatic carbocycles. The van der Waals surface area contributed by atoms with Crippen LogP contribution in [0.1, 0.15) is 49.5 Å². The van der Waals surface area contributed by atoms with Crippen LogP contribution in [0.2, 0.25) is 0 Å². The minimum atomic E-state index is 0.437. The van der Waals surface area contributed by atoms with E-state index in [1.807, 2.05) is 36.4 Å². The molecule has 0 amide bonds. The Morgan fingerprint density at radius 2 is 1.91 bits per heavy atom. The van der Waals surface area contributed by atoms with Gasteiger partial charge in [-0.15, -0.1) is 10.2 Å². The summed E-state index contributed by atoms with van der Waals surface area (Å²) in [6, 6.07) is 17.7. The maximum absolute atomic E-state index is 9.04. The van der Waals surface area contributed by atoms with Gasteiger partial charge in [-0.2, -0.15) is 5.26 Å².